The second-order valence-corrected chi connectivity index (χ2v) is 8.53. The highest BCUT2D eigenvalue weighted by Gasteiger charge is 2.33. The van der Waals surface area contributed by atoms with Crippen LogP contribution < -0.4 is 9.64 Å². The van der Waals surface area contributed by atoms with E-state index in [9.17, 15) is 9.59 Å². The first kappa shape index (κ1) is 22.1. The molecule has 0 aliphatic carbocycles. The van der Waals surface area contributed by atoms with Crippen LogP contribution in [-0.4, -0.2) is 27.9 Å². The summed E-state index contributed by atoms with van der Waals surface area (Å²) in [5.74, 6) is -0.500. The van der Waals surface area contributed by atoms with Gasteiger partial charge < -0.3 is 9.84 Å². The summed E-state index contributed by atoms with van der Waals surface area (Å²) in [6.45, 7) is 2.26. The number of thiocarbonyl (C=S) groups is 1. The number of amides is 1. The quantitative estimate of drug-likeness (QED) is 0.421. The van der Waals surface area contributed by atoms with E-state index in [0.29, 0.717) is 15.0 Å². The van der Waals surface area contributed by atoms with Gasteiger partial charge in [0.05, 0.1) is 23.6 Å². The van der Waals surface area contributed by atoms with E-state index in [1.54, 1.807) is 29.2 Å². The zero-order valence-corrected chi connectivity index (χ0v) is 18.3. The van der Waals surface area contributed by atoms with Crippen LogP contribution in [0.4, 0.5) is 5.69 Å². The van der Waals surface area contributed by atoms with Crippen LogP contribution in [0, 0.1) is 0 Å². The number of carboxylic acid groups (broad SMARTS) is 1. The highest BCUT2D eigenvalue weighted by Crippen LogP contribution is 2.36. The number of unbranched alkanes of at least 4 members (excludes halogenated alkanes) is 1. The van der Waals surface area contributed by atoms with E-state index in [2.05, 4.69) is 6.92 Å². The van der Waals surface area contributed by atoms with Crippen LogP contribution in [0.5, 0.6) is 5.75 Å². The Balaban J connectivity index is 1.72. The summed E-state index contributed by atoms with van der Waals surface area (Å²) in [5.41, 5.74) is 2.81. The molecule has 0 unspecified atom stereocenters. The fourth-order valence-electron chi connectivity index (χ4n) is 2.98. The monoisotopic (exact) mass is 441 g/mol. The van der Waals surface area contributed by atoms with Gasteiger partial charge in [0.1, 0.15) is 5.75 Å². The Bertz CT molecular complexity index is 969. The second-order valence-electron chi connectivity index (χ2n) is 6.85. The van der Waals surface area contributed by atoms with Crippen molar-refractivity contribution in [2.24, 2.45) is 0 Å². The molecule has 1 aliphatic rings. The molecule has 0 bridgehead atoms. The van der Waals surface area contributed by atoms with E-state index in [0.717, 1.165) is 30.5 Å². The van der Waals surface area contributed by atoms with Gasteiger partial charge >= 0.3 is 5.97 Å². The van der Waals surface area contributed by atoms with E-state index in [1.165, 1.54) is 17.3 Å². The standard InChI is InChI=1S/C23H23NO4S2/c1-2-3-5-16-8-10-18(11-9-16)24-22(27)20(30-23(24)29)15-17-6-4-7-19(14-17)28-13-12-21(25)26/h4,6-11,14-15H,2-3,5,12-13H2,1H3,(H,25,26)/b20-15+. The van der Waals surface area contributed by atoms with Crippen LogP contribution in [0.1, 0.15) is 37.3 Å². The summed E-state index contributed by atoms with van der Waals surface area (Å²) >= 11 is 6.72. The minimum absolute atomic E-state index is 0.0693. The molecule has 0 aromatic heterocycles. The average Bonchev–Trinajstić information content (AvgIpc) is 3.00. The number of aryl methyl sites for hydroxylation is 1. The lowest BCUT2D eigenvalue weighted by molar-refractivity contribution is -0.137. The molecule has 2 aromatic carbocycles. The van der Waals surface area contributed by atoms with Crippen molar-refractivity contribution in [1.29, 1.82) is 0 Å². The van der Waals surface area contributed by atoms with Crippen molar-refractivity contribution >= 4 is 51.9 Å². The van der Waals surface area contributed by atoms with Gasteiger partial charge in [0.2, 0.25) is 0 Å². The van der Waals surface area contributed by atoms with Crippen molar-refractivity contribution in [2.75, 3.05) is 11.5 Å². The molecule has 0 radical (unpaired) electrons. The van der Waals surface area contributed by atoms with E-state index in [4.69, 9.17) is 22.1 Å². The predicted molar refractivity (Wildman–Crippen MR) is 125 cm³/mol. The lowest BCUT2D eigenvalue weighted by atomic mass is 10.1. The molecule has 1 amide bonds. The third kappa shape index (κ3) is 5.70. The Labute approximate surface area is 185 Å². The Kier molecular flexibility index (Phi) is 7.65. The number of benzene rings is 2. The van der Waals surface area contributed by atoms with Gasteiger partial charge in [-0.3, -0.25) is 14.5 Å². The Morgan fingerprint density at radius 2 is 2.00 bits per heavy atom. The highest BCUT2D eigenvalue weighted by atomic mass is 32.2. The van der Waals surface area contributed by atoms with E-state index in [-0.39, 0.29) is 18.9 Å². The number of anilines is 1. The summed E-state index contributed by atoms with van der Waals surface area (Å²) < 4.78 is 5.96. The molecular weight excluding hydrogens is 418 g/mol. The molecule has 1 aliphatic heterocycles. The van der Waals surface area contributed by atoms with Gasteiger partial charge in [0.25, 0.3) is 5.91 Å². The Hall–Kier alpha value is -2.64. The SMILES string of the molecule is CCCCc1ccc(N2C(=O)/C(=C\c3cccc(OCCC(=O)O)c3)SC2=S)cc1. The molecule has 0 atom stereocenters. The van der Waals surface area contributed by atoms with Gasteiger partial charge in [-0.1, -0.05) is 61.6 Å². The van der Waals surface area contributed by atoms with Crippen molar-refractivity contribution in [2.45, 2.75) is 32.6 Å². The van der Waals surface area contributed by atoms with Crippen LogP contribution in [0.25, 0.3) is 6.08 Å². The van der Waals surface area contributed by atoms with E-state index >= 15 is 0 Å². The minimum Gasteiger partial charge on any atom is -0.493 e. The fourth-order valence-corrected chi connectivity index (χ4v) is 4.28. The maximum atomic E-state index is 13.0. The fraction of sp³-hybridized carbons (Fsp3) is 0.261. The number of aliphatic carboxylic acids is 1. The maximum Gasteiger partial charge on any atom is 0.306 e. The van der Waals surface area contributed by atoms with Crippen molar-refractivity contribution in [1.82, 2.24) is 0 Å². The van der Waals surface area contributed by atoms with Crippen molar-refractivity contribution in [3.8, 4) is 5.75 Å². The van der Waals surface area contributed by atoms with Gasteiger partial charge in [-0.2, -0.15) is 0 Å². The van der Waals surface area contributed by atoms with Crippen LogP contribution in [0.15, 0.2) is 53.4 Å². The number of nitrogens with zero attached hydrogens (tertiary/aromatic N) is 1. The van der Waals surface area contributed by atoms with Gasteiger partial charge in [-0.25, -0.2) is 0 Å². The molecule has 1 fully saturated rings. The van der Waals surface area contributed by atoms with Crippen LogP contribution in [0.3, 0.4) is 0 Å². The smallest absolute Gasteiger partial charge is 0.306 e. The first-order valence-corrected chi connectivity index (χ1v) is 11.0. The molecule has 2 aromatic rings. The van der Waals surface area contributed by atoms with Crippen LogP contribution in [0.2, 0.25) is 0 Å². The highest BCUT2D eigenvalue weighted by molar-refractivity contribution is 8.27. The molecule has 3 rings (SSSR count). The van der Waals surface area contributed by atoms with Gasteiger partial charge in [0.15, 0.2) is 4.32 Å². The third-order valence-electron chi connectivity index (χ3n) is 4.55. The number of carbonyl (C=O) groups is 2. The molecule has 156 valence electrons. The molecule has 7 heteroatoms. The number of ether oxygens (including phenoxy) is 1. The summed E-state index contributed by atoms with van der Waals surface area (Å²) in [4.78, 5) is 25.7. The zero-order valence-electron chi connectivity index (χ0n) is 16.7. The largest absolute Gasteiger partial charge is 0.493 e. The van der Waals surface area contributed by atoms with E-state index in [1.807, 2.05) is 30.3 Å². The summed E-state index contributed by atoms with van der Waals surface area (Å²) in [6, 6.07) is 15.2. The topological polar surface area (TPSA) is 66.8 Å². The van der Waals surface area contributed by atoms with Crippen LogP contribution >= 0.6 is 24.0 Å². The van der Waals surface area contributed by atoms with E-state index < -0.39 is 5.97 Å². The molecule has 1 saturated heterocycles. The Morgan fingerprint density at radius 1 is 1.23 bits per heavy atom. The summed E-state index contributed by atoms with van der Waals surface area (Å²) in [6.07, 6.45) is 5.02. The van der Waals surface area contributed by atoms with Crippen molar-refractivity contribution in [3.05, 3.63) is 64.6 Å². The van der Waals surface area contributed by atoms with Crippen LogP contribution in [-0.2, 0) is 16.0 Å². The molecule has 30 heavy (non-hydrogen) atoms. The number of carboxylic acids is 1. The molecule has 0 spiro atoms. The predicted octanol–water partition coefficient (Wildman–Crippen LogP) is 5.29. The number of hydrogen-bond acceptors (Lipinski definition) is 5. The minimum atomic E-state index is -0.909. The second kappa shape index (κ2) is 10.4. The maximum absolute atomic E-state index is 13.0. The lowest BCUT2D eigenvalue weighted by Gasteiger charge is -2.15. The third-order valence-corrected chi connectivity index (χ3v) is 5.85. The first-order valence-electron chi connectivity index (χ1n) is 9.79. The molecular formula is C23H23NO4S2. The van der Waals surface area contributed by atoms with Gasteiger partial charge in [0, 0.05) is 0 Å². The lowest BCUT2D eigenvalue weighted by Crippen LogP contribution is -2.27. The number of rotatable bonds is 9. The zero-order chi connectivity index (χ0) is 21.5. The summed E-state index contributed by atoms with van der Waals surface area (Å²) in [5, 5.41) is 8.72. The number of thioether (sulfide) groups is 1. The molecule has 1 N–H and O–H groups in total. The van der Waals surface area contributed by atoms with Gasteiger partial charge in [-0.15, -0.1) is 0 Å². The first-order chi connectivity index (χ1) is 14.5. The molecule has 0 saturated carbocycles. The normalized spacial score (nSPS) is 15.1. The van der Waals surface area contributed by atoms with Crippen molar-refractivity contribution in [3.63, 3.8) is 0 Å². The average molecular weight is 442 g/mol. The summed E-state index contributed by atoms with van der Waals surface area (Å²) in [7, 11) is 0. The van der Waals surface area contributed by atoms with Crippen molar-refractivity contribution < 1.29 is 19.4 Å². The number of carbonyl (C=O) groups excluding carboxylic acids is 1. The Morgan fingerprint density at radius 3 is 2.70 bits per heavy atom. The number of hydrogen-bond donors (Lipinski definition) is 1. The molecule has 1 heterocycles. The molecule has 5 nitrogen and oxygen atoms in total. The van der Waals surface area contributed by atoms with Gasteiger partial charge in [-0.05, 0) is 54.3 Å².